The van der Waals surface area contributed by atoms with Crippen molar-refractivity contribution in [3.05, 3.63) is 82.9 Å². The van der Waals surface area contributed by atoms with E-state index in [9.17, 15) is 0 Å². The number of methoxy groups -OCH3 is 4. The maximum absolute atomic E-state index is 6.31. The summed E-state index contributed by atoms with van der Waals surface area (Å²) in [7, 11) is 6.70. The summed E-state index contributed by atoms with van der Waals surface area (Å²) in [5.74, 6) is 4.99. The second-order valence-electron chi connectivity index (χ2n) is 13.4. The van der Waals surface area contributed by atoms with Crippen LogP contribution in [0.3, 0.4) is 0 Å². The Morgan fingerprint density at radius 1 is 0.500 bits per heavy atom. The highest BCUT2D eigenvalue weighted by Gasteiger charge is 2.18. The first kappa shape index (κ1) is 40.2. The quantitative estimate of drug-likeness (QED) is 0.0758. The van der Waals surface area contributed by atoms with Gasteiger partial charge in [0.05, 0.1) is 41.7 Å². The molecule has 0 heterocycles. The van der Waals surface area contributed by atoms with Crippen LogP contribution in [-0.4, -0.2) is 41.7 Å². The summed E-state index contributed by atoms with van der Waals surface area (Å²) >= 11 is 0. The molecule has 4 rings (SSSR count). The molecular formula is C46H60O6. The number of benzene rings is 4. The molecule has 4 aromatic carbocycles. The fraction of sp³-hybridized carbons (Fsp3) is 0.435. The first-order chi connectivity index (χ1) is 25.4. The van der Waals surface area contributed by atoms with Crippen LogP contribution in [0.1, 0.15) is 101 Å². The summed E-state index contributed by atoms with van der Waals surface area (Å²) < 4.78 is 35.7. The molecule has 6 heteroatoms. The summed E-state index contributed by atoms with van der Waals surface area (Å²) in [6.45, 7) is 10.2. The predicted molar refractivity (Wildman–Crippen MR) is 218 cm³/mol. The molecule has 0 bridgehead atoms. The lowest BCUT2D eigenvalue weighted by Crippen LogP contribution is -2.12. The van der Waals surface area contributed by atoms with Crippen LogP contribution in [0.5, 0.6) is 34.5 Å². The molecule has 280 valence electrons. The lowest BCUT2D eigenvalue weighted by molar-refractivity contribution is 0.215. The molecule has 2 unspecified atom stereocenters. The zero-order valence-corrected chi connectivity index (χ0v) is 32.8. The van der Waals surface area contributed by atoms with Crippen molar-refractivity contribution < 1.29 is 28.4 Å². The molecule has 4 aromatic rings. The second-order valence-corrected chi connectivity index (χ2v) is 13.4. The predicted octanol–water partition coefficient (Wildman–Crippen LogP) is 12.4. The van der Waals surface area contributed by atoms with Crippen molar-refractivity contribution in [3.8, 4) is 34.5 Å². The van der Waals surface area contributed by atoms with Gasteiger partial charge in [0.15, 0.2) is 23.0 Å². The standard InChI is InChI=1S/C46H60O6/c1-9-13-17-33(11-3)31-51-45-41(47-5)27-35(28-42(45)48-6)21-23-37-25-26-38(40-20-16-15-19-39(37)40)24-22-36-29-43(49-7)46(44(30-36)50-8)52-32-34(12-4)18-14-10-2/h15-16,19-30,33-34H,9-14,17-18,31-32H2,1-8H3. The van der Waals surface area contributed by atoms with Crippen LogP contribution in [0, 0.1) is 11.8 Å². The topological polar surface area (TPSA) is 55.4 Å². The first-order valence-electron chi connectivity index (χ1n) is 19.1. The Bertz CT molecular complexity index is 1580. The van der Waals surface area contributed by atoms with E-state index in [2.05, 4.69) is 88.4 Å². The molecule has 0 aliphatic heterocycles. The molecule has 0 aliphatic carbocycles. The van der Waals surface area contributed by atoms with Gasteiger partial charge in [-0.3, -0.25) is 0 Å². The minimum Gasteiger partial charge on any atom is -0.493 e. The van der Waals surface area contributed by atoms with E-state index in [-0.39, 0.29) is 0 Å². The van der Waals surface area contributed by atoms with E-state index in [1.54, 1.807) is 28.4 Å². The highest BCUT2D eigenvalue weighted by Crippen LogP contribution is 2.41. The Kier molecular flexibility index (Phi) is 16.3. The van der Waals surface area contributed by atoms with Gasteiger partial charge in [0, 0.05) is 0 Å². The zero-order chi connectivity index (χ0) is 37.3. The van der Waals surface area contributed by atoms with Crippen molar-refractivity contribution in [2.24, 2.45) is 11.8 Å². The van der Waals surface area contributed by atoms with Crippen molar-refractivity contribution in [1.82, 2.24) is 0 Å². The molecule has 0 fully saturated rings. The maximum Gasteiger partial charge on any atom is 0.203 e. The molecule has 2 atom stereocenters. The van der Waals surface area contributed by atoms with Gasteiger partial charge in [-0.05, 0) is 82.0 Å². The van der Waals surface area contributed by atoms with Crippen LogP contribution in [-0.2, 0) is 0 Å². The largest absolute Gasteiger partial charge is 0.493 e. The maximum atomic E-state index is 6.31. The van der Waals surface area contributed by atoms with Crippen LogP contribution >= 0.6 is 0 Å². The van der Waals surface area contributed by atoms with E-state index >= 15 is 0 Å². The van der Waals surface area contributed by atoms with Gasteiger partial charge in [-0.25, -0.2) is 0 Å². The van der Waals surface area contributed by atoms with Gasteiger partial charge < -0.3 is 28.4 Å². The van der Waals surface area contributed by atoms with E-state index in [4.69, 9.17) is 28.4 Å². The van der Waals surface area contributed by atoms with E-state index in [1.165, 1.54) is 25.7 Å². The van der Waals surface area contributed by atoms with Gasteiger partial charge >= 0.3 is 0 Å². The third-order valence-corrected chi connectivity index (χ3v) is 9.88. The van der Waals surface area contributed by atoms with Gasteiger partial charge in [-0.2, -0.15) is 0 Å². The van der Waals surface area contributed by atoms with E-state index in [1.807, 2.05) is 24.3 Å². The van der Waals surface area contributed by atoms with Crippen molar-refractivity contribution in [1.29, 1.82) is 0 Å². The highest BCUT2D eigenvalue weighted by molar-refractivity contribution is 5.99. The summed E-state index contributed by atoms with van der Waals surface area (Å²) in [5, 5.41) is 2.31. The normalized spacial score (nSPS) is 12.7. The average molecular weight is 709 g/mol. The van der Waals surface area contributed by atoms with Gasteiger partial charge in [-0.15, -0.1) is 0 Å². The van der Waals surface area contributed by atoms with Gasteiger partial charge in [0.25, 0.3) is 0 Å². The molecule has 0 saturated heterocycles. The van der Waals surface area contributed by atoms with Crippen LogP contribution in [0.15, 0.2) is 60.7 Å². The Balaban J connectivity index is 1.58. The molecule has 0 amide bonds. The third kappa shape index (κ3) is 10.7. The molecule has 6 nitrogen and oxygen atoms in total. The Hall–Kier alpha value is -4.58. The number of hydrogen-bond donors (Lipinski definition) is 0. The van der Waals surface area contributed by atoms with Gasteiger partial charge in [-0.1, -0.05) is 127 Å². The minimum atomic E-state index is 0.504. The number of ether oxygens (including phenoxy) is 6. The SMILES string of the molecule is CCCCC(CC)COc1c(OC)cc(C=Cc2ccc(C=Cc3cc(OC)c(OCC(CC)CCCC)c(OC)c3)c3ccccc23)cc1OC. The summed E-state index contributed by atoms with van der Waals surface area (Å²) in [5.41, 5.74) is 4.16. The van der Waals surface area contributed by atoms with Crippen LogP contribution in [0.25, 0.3) is 35.1 Å². The third-order valence-electron chi connectivity index (χ3n) is 9.88. The van der Waals surface area contributed by atoms with Crippen molar-refractivity contribution in [2.45, 2.75) is 79.1 Å². The van der Waals surface area contributed by atoms with Gasteiger partial charge in [0.2, 0.25) is 11.5 Å². The summed E-state index contributed by atoms with van der Waals surface area (Å²) in [6.07, 6.45) is 17.7. The molecule has 0 aliphatic rings. The Morgan fingerprint density at radius 3 is 1.17 bits per heavy atom. The Labute approximate surface area is 312 Å². The number of hydrogen-bond acceptors (Lipinski definition) is 6. The molecule has 0 saturated carbocycles. The summed E-state index contributed by atoms with van der Waals surface area (Å²) in [6, 6.07) is 20.8. The molecule has 0 aromatic heterocycles. The van der Waals surface area contributed by atoms with E-state index in [0.29, 0.717) is 59.5 Å². The lowest BCUT2D eigenvalue weighted by atomic mass is 9.98. The fourth-order valence-electron chi connectivity index (χ4n) is 6.48. The second kappa shape index (κ2) is 21.1. The fourth-order valence-corrected chi connectivity index (χ4v) is 6.48. The molecule has 52 heavy (non-hydrogen) atoms. The number of rotatable bonds is 22. The average Bonchev–Trinajstić information content (AvgIpc) is 3.19. The number of fused-ring (bicyclic) bond motifs is 1. The van der Waals surface area contributed by atoms with Crippen LogP contribution in [0.2, 0.25) is 0 Å². The molecule has 0 N–H and O–H groups in total. The summed E-state index contributed by atoms with van der Waals surface area (Å²) in [4.78, 5) is 0. The van der Waals surface area contributed by atoms with Crippen molar-refractivity contribution in [2.75, 3.05) is 41.7 Å². The monoisotopic (exact) mass is 708 g/mol. The Morgan fingerprint density at radius 2 is 0.865 bits per heavy atom. The molecule has 0 spiro atoms. The van der Waals surface area contributed by atoms with E-state index in [0.717, 1.165) is 58.7 Å². The molecule has 0 radical (unpaired) electrons. The smallest absolute Gasteiger partial charge is 0.203 e. The minimum absolute atomic E-state index is 0.504. The first-order valence-corrected chi connectivity index (χ1v) is 19.1. The van der Waals surface area contributed by atoms with Crippen molar-refractivity contribution >= 4 is 35.1 Å². The number of unbranched alkanes of at least 4 members (excludes halogenated alkanes) is 2. The highest BCUT2D eigenvalue weighted by atomic mass is 16.5. The van der Waals surface area contributed by atoms with E-state index < -0.39 is 0 Å². The van der Waals surface area contributed by atoms with Crippen molar-refractivity contribution in [3.63, 3.8) is 0 Å². The molecular weight excluding hydrogens is 649 g/mol. The van der Waals surface area contributed by atoms with Gasteiger partial charge in [0.1, 0.15) is 0 Å². The lowest BCUT2D eigenvalue weighted by Gasteiger charge is -2.19. The van der Waals surface area contributed by atoms with Crippen LogP contribution < -0.4 is 28.4 Å². The zero-order valence-electron chi connectivity index (χ0n) is 32.8. The van der Waals surface area contributed by atoms with Crippen LogP contribution in [0.4, 0.5) is 0 Å².